The number of halogens is 1. The van der Waals surface area contributed by atoms with Crippen LogP contribution in [0.3, 0.4) is 0 Å². The van der Waals surface area contributed by atoms with E-state index < -0.39 is 0 Å². The van der Waals surface area contributed by atoms with Crippen molar-refractivity contribution < 1.29 is 14.3 Å². The minimum atomic E-state index is -0.0903. The van der Waals surface area contributed by atoms with Crippen LogP contribution in [0.15, 0.2) is 24.3 Å². The van der Waals surface area contributed by atoms with E-state index in [2.05, 4.69) is 5.32 Å². The van der Waals surface area contributed by atoms with E-state index in [4.69, 9.17) is 16.3 Å². The summed E-state index contributed by atoms with van der Waals surface area (Å²) in [6.07, 6.45) is 1.44. The van der Waals surface area contributed by atoms with Crippen molar-refractivity contribution in [2.75, 3.05) is 39.4 Å². The molecule has 2 saturated heterocycles. The molecular weight excluding hydrogens is 354 g/mol. The lowest BCUT2D eigenvalue weighted by Gasteiger charge is -2.35. The molecule has 0 aliphatic carbocycles. The Morgan fingerprint density at radius 2 is 1.69 bits per heavy atom. The molecule has 0 saturated carbocycles. The zero-order chi connectivity index (χ0) is 18.5. The van der Waals surface area contributed by atoms with Crippen molar-refractivity contribution in [3.05, 3.63) is 34.9 Å². The van der Waals surface area contributed by atoms with Crippen molar-refractivity contribution in [2.24, 2.45) is 5.92 Å². The molecule has 1 unspecified atom stereocenters. The molecule has 1 N–H and O–H groups in total. The summed E-state index contributed by atoms with van der Waals surface area (Å²) >= 11 is 5.91. The van der Waals surface area contributed by atoms with Gasteiger partial charge in [0.05, 0.1) is 19.3 Å². The lowest BCUT2D eigenvalue weighted by atomic mass is 9.95. The maximum absolute atomic E-state index is 12.6. The molecule has 1 aromatic carbocycles. The number of hydrogen-bond donors (Lipinski definition) is 1. The van der Waals surface area contributed by atoms with E-state index in [1.165, 1.54) is 0 Å². The Labute approximate surface area is 159 Å². The number of carbonyl (C=O) groups is 2. The second kappa shape index (κ2) is 8.73. The quantitative estimate of drug-likeness (QED) is 0.878. The van der Waals surface area contributed by atoms with Crippen LogP contribution in [0.4, 0.5) is 4.79 Å². The van der Waals surface area contributed by atoms with Crippen molar-refractivity contribution >= 4 is 23.5 Å². The lowest BCUT2D eigenvalue weighted by Crippen LogP contribution is -2.49. The van der Waals surface area contributed by atoms with Crippen LogP contribution in [-0.2, 0) is 9.53 Å². The molecule has 142 valence electrons. The number of benzene rings is 1. The largest absolute Gasteiger partial charge is 0.378 e. The van der Waals surface area contributed by atoms with Crippen LogP contribution in [0, 0.1) is 5.92 Å². The fourth-order valence-electron chi connectivity index (χ4n) is 3.48. The second-order valence-electron chi connectivity index (χ2n) is 6.92. The van der Waals surface area contributed by atoms with Gasteiger partial charge in [0.2, 0.25) is 5.91 Å². The number of morpholine rings is 1. The first kappa shape index (κ1) is 19.0. The smallest absolute Gasteiger partial charge is 0.317 e. The third-order valence-electron chi connectivity index (χ3n) is 5.16. The number of amides is 3. The van der Waals surface area contributed by atoms with Gasteiger partial charge in [0.15, 0.2) is 0 Å². The summed E-state index contributed by atoms with van der Waals surface area (Å²) in [6.45, 7) is 5.77. The first-order valence-electron chi connectivity index (χ1n) is 9.22. The summed E-state index contributed by atoms with van der Waals surface area (Å²) < 4.78 is 5.30. The molecule has 2 heterocycles. The van der Waals surface area contributed by atoms with Gasteiger partial charge in [-0.2, -0.15) is 0 Å². The van der Waals surface area contributed by atoms with Crippen molar-refractivity contribution in [1.29, 1.82) is 0 Å². The molecule has 3 rings (SSSR count). The highest BCUT2D eigenvalue weighted by molar-refractivity contribution is 6.30. The van der Waals surface area contributed by atoms with Crippen molar-refractivity contribution in [3.8, 4) is 0 Å². The van der Waals surface area contributed by atoms with E-state index in [1.807, 2.05) is 36.1 Å². The zero-order valence-electron chi connectivity index (χ0n) is 15.1. The molecule has 2 aliphatic heterocycles. The molecule has 1 aromatic rings. The third-order valence-corrected chi connectivity index (χ3v) is 5.42. The summed E-state index contributed by atoms with van der Waals surface area (Å²) in [5.74, 6) is 0.230. The summed E-state index contributed by atoms with van der Waals surface area (Å²) in [5.41, 5.74) is 1.01. The number of nitrogens with one attached hydrogen (secondary N) is 1. The van der Waals surface area contributed by atoms with Crippen LogP contribution in [0.5, 0.6) is 0 Å². The van der Waals surface area contributed by atoms with Crippen LogP contribution in [0.1, 0.15) is 31.4 Å². The van der Waals surface area contributed by atoms with E-state index in [-0.39, 0.29) is 23.9 Å². The molecule has 7 heteroatoms. The van der Waals surface area contributed by atoms with Crippen LogP contribution < -0.4 is 5.32 Å². The number of nitrogens with zero attached hydrogens (tertiary/aromatic N) is 2. The van der Waals surface area contributed by atoms with E-state index in [9.17, 15) is 9.59 Å². The van der Waals surface area contributed by atoms with Crippen LogP contribution in [0.2, 0.25) is 5.02 Å². The van der Waals surface area contributed by atoms with Gasteiger partial charge in [-0.1, -0.05) is 23.7 Å². The van der Waals surface area contributed by atoms with E-state index in [1.54, 1.807) is 4.90 Å². The first-order chi connectivity index (χ1) is 12.5. The van der Waals surface area contributed by atoms with Gasteiger partial charge in [0.1, 0.15) is 0 Å². The summed E-state index contributed by atoms with van der Waals surface area (Å²) in [4.78, 5) is 28.8. The number of piperidine rings is 1. The van der Waals surface area contributed by atoms with Crippen molar-refractivity contribution in [3.63, 3.8) is 0 Å². The first-order valence-corrected chi connectivity index (χ1v) is 9.60. The molecule has 0 spiro atoms. The van der Waals surface area contributed by atoms with Crippen LogP contribution in [-0.4, -0.2) is 61.1 Å². The second-order valence-corrected chi connectivity index (χ2v) is 7.36. The van der Waals surface area contributed by atoms with Gasteiger partial charge in [0.25, 0.3) is 0 Å². The molecule has 3 amide bonds. The molecule has 0 bridgehead atoms. The number of carbonyl (C=O) groups excluding carboxylic acids is 2. The van der Waals surface area contributed by atoms with Crippen molar-refractivity contribution in [2.45, 2.75) is 25.8 Å². The third kappa shape index (κ3) is 4.68. The Morgan fingerprint density at radius 3 is 2.31 bits per heavy atom. The monoisotopic (exact) mass is 379 g/mol. The van der Waals surface area contributed by atoms with Gasteiger partial charge in [-0.15, -0.1) is 0 Å². The van der Waals surface area contributed by atoms with E-state index in [0.717, 1.165) is 18.4 Å². The molecule has 2 fully saturated rings. The van der Waals surface area contributed by atoms with Gasteiger partial charge in [-0.25, -0.2) is 4.79 Å². The molecule has 6 nitrogen and oxygen atoms in total. The SMILES string of the molecule is CC(NC(=O)N1CCC(C(=O)N2CCOCC2)CC1)c1ccc(Cl)cc1. The Kier molecular flexibility index (Phi) is 6.38. The average Bonchev–Trinajstić information content (AvgIpc) is 2.68. The highest BCUT2D eigenvalue weighted by Crippen LogP contribution is 2.21. The Hall–Kier alpha value is -1.79. The predicted molar refractivity (Wildman–Crippen MR) is 100 cm³/mol. The summed E-state index contributed by atoms with van der Waals surface area (Å²) in [5, 5.41) is 3.70. The topological polar surface area (TPSA) is 61.9 Å². The highest BCUT2D eigenvalue weighted by atomic mass is 35.5. The maximum Gasteiger partial charge on any atom is 0.317 e. The average molecular weight is 380 g/mol. The molecule has 26 heavy (non-hydrogen) atoms. The van der Waals surface area contributed by atoms with Crippen molar-refractivity contribution in [1.82, 2.24) is 15.1 Å². The fraction of sp³-hybridized carbons (Fsp3) is 0.579. The van der Waals surface area contributed by atoms with Crippen LogP contribution >= 0.6 is 11.6 Å². The fourth-order valence-corrected chi connectivity index (χ4v) is 3.61. The van der Waals surface area contributed by atoms with E-state index >= 15 is 0 Å². The number of ether oxygens (including phenoxy) is 1. The summed E-state index contributed by atoms with van der Waals surface area (Å²) in [6, 6.07) is 7.31. The van der Waals surface area contributed by atoms with Gasteiger partial charge in [0, 0.05) is 37.1 Å². The Bertz CT molecular complexity index is 623. The number of hydrogen-bond acceptors (Lipinski definition) is 3. The summed E-state index contributed by atoms with van der Waals surface area (Å²) in [7, 11) is 0. The maximum atomic E-state index is 12.6. The Balaban J connectivity index is 1.47. The minimum absolute atomic E-state index is 0.0193. The number of likely N-dealkylation sites (tertiary alicyclic amines) is 1. The highest BCUT2D eigenvalue weighted by Gasteiger charge is 2.31. The number of rotatable bonds is 3. The lowest BCUT2D eigenvalue weighted by molar-refractivity contribution is -0.141. The van der Waals surface area contributed by atoms with Gasteiger partial charge < -0.3 is 19.9 Å². The zero-order valence-corrected chi connectivity index (χ0v) is 15.9. The van der Waals surface area contributed by atoms with E-state index in [0.29, 0.717) is 44.4 Å². The molecule has 0 radical (unpaired) electrons. The predicted octanol–water partition coefficient (Wildman–Crippen LogP) is 2.68. The molecular formula is C19H26ClN3O3. The molecule has 1 atom stereocenters. The standard InChI is InChI=1S/C19H26ClN3O3/c1-14(15-2-4-17(20)5-3-15)21-19(25)23-8-6-16(7-9-23)18(24)22-10-12-26-13-11-22/h2-5,14,16H,6-13H2,1H3,(H,21,25). The normalized spacial score (nSPS) is 19.9. The number of urea groups is 1. The molecule has 0 aromatic heterocycles. The van der Waals surface area contributed by atoms with Gasteiger partial charge >= 0.3 is 6.03 Å². The van der Waals surface area contributed by atoms with Crippen LogP contribution in [0.25, 0.3) is 0 Å². The van der Waals surface area contributed by atoms with Gasteiger partial charge in [-0.05, 0) is 37.5 Å². The van der Waals surface area contributed by atoms with Gasteiger partial charge in [-0.3, -0.25) is 4.79 Å². The Morgan fingerprint density at radius 1 is 1.08 bits per heavy atom. The minimum Gasteiger partial charge on any atom is -0.378 e. The molecule has 2 aliphatic rings.